The minimum atomic E-state index is -0.822. The molecular formula is C16H19NO5. The zero-order valence-corrected chi connectivity index (χ0v) is 12.6. The van der Waals surface area contributed by atoms with E-state index >= 15 is 0 Å². The van der Waals surface area contributed by atoms with E-state index in [4.69, 9.17) is 4.74 Å². The van der Waals surface area contributed by atoms with Gasteiger partial charge in [0.05, 0.1) is 6.61 Å². The van der Waals surface area contributed by atoms with E-state index < -0.39 is 23.7 Å². The highest BCUT2D eigenvalue weighted by Crippen LogP contribution is 2.22. The van der Waals surface area contributed by atoms with Crippen LogP contribution in [0, 0.1) is 6.92 Å². The van der Waals surface area contributed by atoms with Crippen molar-refractivity contribution in [3.63, 3.8) is 0 Å². The molecule has 2 aromatic rings. The maximum atomic E-state index is 12.2. The number of oxazole rings is 1. The Labute approximate surface area is 127 Å². The van der Waals surface area contributed by atoms with Crippen molar-refractivity contribution in [2.24, 2.45) is 0 Å². The molecule has 1 N–H and O–H groups in total. The second-order valence-corrected chi connectivity index (χ2v) is 4.92. The van der Waals surface area contributed by atoms with Gasteiger partial charge in [-0.05, 0) is 32.3 Å². The Balaban J connectivity index is 2.27. The molecule has 22 heavy (non-hydrogen) atoms. The van der Waals surface area contributed by atoms with Crippen LogP contribution in [0.3, 0.4) is 0 Å². The fourth-order valence-electron chi connectivity index (χ4n) is 2.35. The van der Waals surface area contributed by atoms with Gasteiger partial charge in [0, 0.05) is 0 Å². The van der Waals surface area contributed by atoms with Gasteiger partial charge in [-0.2, -0.15) is 0 Å². The Morgan fingerprint density at radius 2 is 2.05 bits per heavy atom. The summed E-state index contributed by atoms with van der Waals surface area (Å²) in [6, 6.07) is 8.81. The van der Waals surface area contributed by atoms with Crippen LogP contribution in [0.5, 0.6) is 5.95 Å². The molecule has 0 aliphatic rings. The largest absolute Gasteiger partial charge is 0.479 e. The Morgan fingerprint density at radius 3 is 2.59 bits per heavy atom. The maximum absolute atomic E-state index is 12.2. The van der Waals surface area contributed by atoms with Crippen LogP contribution in [0.4, 0.5) is 0 Å². The van der Waals surface area contributed by atoms with Gasteiger partial charge >= 0.3 is 17.7 Å². The lowest BCUT2D eigenvalue weighted by molar-refractivity contribution is -0.147. The fraction of sp³-hybridized carbons (Fsp3) is 0.375. The highest BCUT2D eigenvalue weighted by Gasteiger charge is 2.27. The molecule has 1 heterocycles. The Kier molecular flexibility index (Phi) is 5.04. The van der Waals surface area contributed by atoms with Gasteiger partial charge in [0.25, 0.3) is 0 Å². The molecule has 6 nitrogen and oxygen atoms in total. The molecule has 2 rings (SSSR count). The molecule has 0 bridgehead atoms. The lowest BCUT2D eigenvalue weighted by Gasteiger charge is -2.17. The number of ether oxygens (including phenoxy) is 1. The van der Waals surface area contributed by atoms with E-state index in [9.17, 15) is 14.7 Å². The van der Waals surface area contributed by atoms with Gasteiger partial charge in [0.2, 0.25) is 0 Å². The molecule has 1 unspecified atom stereocenters. The first kappa shape index (κ1) is 15.9. The lowest BCUT2D eigenvalue weighted by Crippen LogP contribution is -2.30. The summed E-state index contributed by atoms with van der Waals surface area (Å²) in [7, 11) is 0. The van der Waals surface area contributed by atoms with Gasteiger partial charge in [-0.3, -0.25) is 4.57 Å². The molecule has 0 spiro atoms. The SMILES string of the molecule is CCOC(=O)C(CCc1ccccc1)n1c(C)c(O)oc1=O. The third-order valence-corrected chi connectivity index (χ3v) is 3.47. The molecule has 0 saturated heterocycles. The average molecular weight is 305 g/mol. The number of carbonyl (C=O) groups excluding carboxylic acids is 1. The second kappa shape index (κ2) is 6.98. The minimum Gasteiger partial charge on any atom is -0.479 e. The van der Waals surface area contributed by atoms with Crippen molar-refractivity contribution < 1.29 is 19.1 Å². The predicted molar refractivity (Wildman–Crippen MR) is 79.8 cm³/mol. The monoisotopic (exact) mass is 305 g/mol. The number of aryl methyl sites for hydroxylation is 1. The van der Waals surface area contributed by atoms with Crippen molar-refractivity contribution in [1.82, 2.24) is 4.57 Å². The molecule has 1 atom stereocenters. The number of nitrogens with zero attached hydrogens (tertiary/aromatic N) is 1. The van der Waals surface area contributed by atoms with Crippen LogP contribution in [-0.4, -0.2) is 22.2 Å². The van der Waals surface area contributed by atoms with Gasteiger partial charge in [-0.25, -0.2) is 9.59 Å². The molecule has 1 aromatic heterocycles. The van der Waals surface area contributed by atoms with E-state index in [1.54, 1.807) is 6.92 Å². The zero-order valence-electron chi connectivity index (χ0n) is 12.6. The van der Waals surface area contributed by atoms with E-state index in [-0.39, 0.29) is 12.3 Å². The maximum Gasteiger partial charge on any atom is 0.422 e. The number of carbonyl (C=O) groups is 1. The third-order valence-electron chi connectivity index (χ3n) is 3.47. The number of rotatable bonds is 6. The van der Waals surface area contributed by atoms with E-state index in [1.165, 1.54) is 6.92 Å². The topological polar surface area (TPSA) is 81.7 Å². The van der Waals surface area contributed by atoms with Gasteiger partial charge < -0.3 is 14.3 Å². The Bertz CT molecular complexity index is 686. The number of hydrogen-bond acceptors (Lipinski definition) is 5. The summed E-state index contributed by atoms with van der Waals surface area (Å²) in [5.41, 5.74) is 1.27. The first-order valence-electron chi connectivity index (χ1n) is 7.16. The number of benzene rings is 1. The lowest BCUT2D eigenvalue weighted by atomic mass is 10.0. The normalized spacial score (nSPS) is 12.1. The number of hydrogen-bond donors (Lipinski definition) is 1. The van der Waals surface area contributed by atoms with Gasteiger partial charge in [-0.1, -0.05) is 30.3 Å². The minimum absolute atomic E-state index is 0.219. The Hall–Kier alpha value is -2.50. The van der Waals surface area contributed by atoms with Crippen LogP contribution in [0.15, 0.2) is 39.5 Å². The molecule has 0 saturated carbocycles. The molecule has 0 aliphatic heterocycles. The van der Waals surface area contributed by atoms with Crippen molar-refractivity contribution in [3.05, 3.63) is 52.1 Å². The molecule has 0 aliphatic carbocycles. The molecule has 0 amide bonds. The number of aromatic nitrogens is 1. The van der Waals surface area contributed by atoms with Crippen LogP contribution in [0.25, 0.3) is 0 Å². The van der Waals surface area contributed by atoms with Crippen LogP contribution < -0.4 is 5.76 Å². The van der Waals surface area contributed by atoms with Gasteiger partial charge in [0.1, 0.15) is 11.7 Å². The quantitative estimate of drug-likeness (QED) is 0.827. The van der Waals surface area contributed by atoms with Crippen LogP contribution in [0.1, 0.15) is 30.6 Å². The fourth-order valence-corrected chi connectivity index (χ4v) is 2.35. The second-order valence-electron chi connectivity index (χ2n) is 4.92. The van der Waals surface area contributed by atoms with Crippen molar-refractivity contribution in [2.75, 3.05) is 6.61 Å². The summed E-state index contributed by atoms with van der Waals surface area (Å²) in [4.78, 5) is 24.0. The number of aromatic hydroxyl groups is 1. The van der Waals surface area contributed by atoms with Gasteiger partial charge in [0.15, 0.2) is 0 Å². The standard InChI is InChI=1S/C16H19NO5/c1-3-21-15(19)13(10-9-12-7-5-4-6-8-12)17-11(2)14(18)22-16(17)20/h4-8,13,18H,3,9-10H2,1-2H3. The third kappa shape index (κ3) is 3.39. The van der Waals surface area contributed by atoms with Crippen molar-refractivity contribution >= 4 is 5.97 Å². The van der Waals surface area contributed by atoms with Crippen LogP contribution >= 0.6 is 0 Å². The average Bonchev–Trinajstić information content (AvgIpc) is 2.75. The van der Waals surface area contributed by atoms with Crippen LogP contribution in [-0.2, 0) is 16.0 Å². The van der Waals surface area contributed by atoms with Crippen LogP contribution in [0.2, 0.25) is 0 Å². The highest BCUT2D eigenvalue weighted by molar-refractivity contribution is 5.74. The summed E-state index contributed by atoms with van der Waals surface area (Å²) in [6.45, 7) is 3.45. The molecule has 0 fully saturated rings. The molecule has 0 radical (unpaired) electrons. The molecule has 6 heteroatoms. The predicted octanol–water partition coefficient (Wildman–Crippen LogP) is 2.19. The summed E-state index contributed by atoms with van der Waals surface area (Å²) in [5.74, 6) is -1.75. The van der Waals surface area contributed by atoms with E-state index in [1.807, 2.05) is 30.3 Å². The van der Waals surface area contributed by atoms with E-state index in [2.05, 4.69) is 4.42 Å². The summed E-state index contributed by atoms with van der Waals surface area (Å²) < 4.78 is 10.9. The highest BCUT2D eigenvalue weighted by atomic mass is 16.5. The van der Waals surface area contributed by atoms with E-state index in [0.29, 0.717) is 12.8 Å². The summed E-state index contributed by atoms with van der Waals surface area (Å²) in [5, 5.41) is 9.53. The molecule has 118 valence electrons. The Morgan fingerprint density at radius 1 is 1.36 bits per heavy atom. The molecule has 1 aromatic carbocycles. The first-order valence-corrected chi connectivity index (χ1v) is 7.16. The van der Waals surface area contributed by atoms with E-state index in [0.717, 1.165) is 10.1 Å². The summed E-state index contributed by atoms with van der Waals surface area (Å²) >= 11 is 0. The van der Waals surface area contributed by atoms with Crippen molar-refractivity contribution in [3.8, 4) is 5.95 Å². The first-order chi connectivity index (χ1) is 10.5. The zero-order chi connectivity index (χ0) is 16.1. The van der Waals surface area contributed by atoms with Gasteiger partial charge in [-0.15, -0.1) is 0 Å². The molecular weight excluding hydrogens is 286 g/mol. The van der Waals surface area contributed by atoms with Crippen molar-refractivity contribution in [1.29, 1.82) is 0 Å². The summed E-state index contributed by atoms with van der Waals surface area (Å²) in [6.07, 6.45) is 0.977. The number of esters is 1. The van der Waals surface area contributed by atoms with Crippen molar-refractivity contribution in [2.45, 2.75) is 32.7 Å². The smallest absolute Gasteiger partial charge is 0.422 e.